The van der Waals surface area contributed by atoms with E-state index in [1.54, 1.807) is 16.3 Å². The lowest BCUT2D eigenvalue weighted by molar-refractivity contribution is -0.160. The number of aryl methyl sites for hydroxylation is 2. The lowest BCUT2D eigenvalue weighted by Crippen LogP contribution is -2.47. The van der Waals surface area contributed by atoms with Crippen LogP contribution in [0.4, 0.5) is 0 Å². The molecular formula is C18H27N5O3. The van der Waals surface area contributed by atoms with E-state index in [0.29, 0.717) is 11.5 Å². The van der Waals surface area contributed by atoms with Crippen molar-refractivity contribution in [1.82, 2.24) is 24.5 Å². The monoisotopic (exact) mass is 361 g/mol. The number of amides is 1. The molecule has 0 saturated heterocycles. The average molecular weight is 361 g/mol. The fourth-order valence-corrected chi connectivity index (χ4v) is 3.16. The molecular weight excluding hydrogens is 334 g/mol. The van der Waals surface area contributed by atoms with Gasteiger partial charge in [-0.3, -0.25) is 9.59 Å². The Labute approximate surface area is 153 Å². The van der Waals surface area contributed by atoms with Gasteiger partial charge in [-0.05, 0) is 48.5 Å². The van der Waals surface area contributed by atoms with Crippen molar-refractivity contribution in [3.63, 3.8) is 0 Å². The second-order valence-corrected chi connectivity index (χ2v) is 6.97. The summed E-state index contributed by atoms with van der Waals surface area (Å²) >= 11 is 0. The van der Waals surface area contributed by atoms with E-state index in [-0.39, 0.29) is 24.4 Å². The van der Waals surface area contributed by atoms with Crippen molar-refractivity contribution in [2.45, 2.75) is 73.1 Å². The molecule has 0 saturated carbocycles. The van der Waals surface area contributed by atoms with Crippen LogP contribution in [0.5, 0.6) is 0 Å². The number of ether oxygens (including phenoxy) is 1. The molecule has 0 bridgehead atoms. The molecule has 1 amide bonds. The normalized spacial score (nSPS) is 12.7. The summed E-state index contributed by atoms with van der Waals surface area (Å²) < 4.78 is 6.98. The third kappa shape index (κ3) is 4.00. The lowest BCUT2D eigenvalue weighted by atomic mass is 10.1. The summed E-state index contributed by atoms with van der Waals surface area (Å²) in [5, 5.41) is 4.11. The maximum absolute atomic E-state index is 12.6. The molecule has 2 aromatic heterocycles. The Morgan fingerprint density at radius 3 is 2.35 bits per heavy atom. The summed E-state index contributed by atoms with van der Waals surface area (Å²) in [6.07, 6.45) is 0.613. The second-order valence-electron chi connectivity index (χ2n) is 6.97. The highest BCUT2D eigenvalue weighted by Crippen LogP contribution is 2.15. The van der Waals surface area contributed by atoms with Crippen molar-refractivity contribution in [2.24, 2.45) is 0 Å². The fourth-order valence-electron chi connectivity index (χ4n) is 3.16. The number of rotatable bonds is 6. The zero-order valence-electron chi connectivity index (χ0n) is 16.5. The molecule has 0 N–H and O–H groups in total. The average Bonchev–Trinajstić information content (AvgIpc) is 2.98. The molecule has 0 aliphatic heterocycles. The molecule has 0 fully saturated rings. The summed E-state index contributed by atoms with van der Waals surface area (Å²) in [7, 11) is 0. The van der Waals surface area contributed by atoms with E-state index in [1.165, 1.54) is 6.33 Å². The first-order valence-corrected chi connectivity index (χ1v) is 8.81. The van der Waals surface area contributed by atoms with Crippen molar-refractivity contribution >= 4 is 17.7 Å². The zero-order valence-corrected chi connectivity index (χ0v) is 16.5. The Bertz CT molecular complexity index is 805. The van der Waals surface area contributed by atoms with E-state index in [9.17, 15) is 9.59 Å². The summed E-state index contributed by atoms with van der Waals surface area (Å²) in [5.41, 5.74) is 2.22. The number of fused-ring (bicyclic) bond motifs is 1. The van der Waals surface area contributed by atoms with Gasteiger partial charge in [-0.1, -0.05) is 0 Å². The van der Waals surface area contributed by atoms with Gasteiger partial charge < -0.3 is 9.64 Å². The third-order valence-corrected chi connectivity index (χ3v) is 4.33. The van der Waals surface area contributed by atoms with Crippen LogP contribution in [0.15, 0.2) is 6.33 Å². The molecule has 2 aromatic rings. The summed E-state index contributed by atoms with van der Waals surface area (Å²) in [5.74, 6) is -0.169. The molecule has 8 heteroatoms. The van der Waals surface area contributed by atoms with Crippen LogP contribution in [0.2, 0.25) is 0 Å². The molecule has 0 unspecified atom stereocenters. The number of nitrogens with zero attached hydrogens (tertiary/aromatic N) is 5. The molecule has 8 nitrogen and oxygen atoms in total. The quantitative estimate of drug-likeness (QED) is 0.730. The molecule has 0 spiro atoms. The third-order valence-electron chi connectivity index (χ3n) is 4.33. The van der Waals surface area contributed by atoms with E-state index in [1.807, 2.05) is 41.5 Å². The Hall–Kier alpha value is -2.51. The smallest absolute Gasteiger partial charge is 0.311 e. The van der Waals surface area contributed by atoms with Gasteiger partial charge in [-0.15, -0.1) is 0 Å². The van der Waals surface area contributed by atoms with E-state index < -0.39 is 12.1 Å². The van der Waals surface area contributed by atoms with Gasteiger partial charge in [0.05, 0.1) is 6.42 Å². The van der Waals surface area contributed by atoms with Crippen molar-refractivity contribution in [3.8, 4) is 0 Å². The summed E-state index contributed by atoms with van der Waals surface area (Å²) in [6, 6.07) is 0.0686. The van der Waals surface area contributed by atoms with Crippen LogP contribution in [0.1, 0.15) is 51.6 Å². The Kier molecular flexibility index (Phi) is 5.94. The minimum atomic E-state index is -0.837. The zero-order chi connectivity index (χ0) is 19.6. The largest absolute Gasteiger partial charge is 0.452 e. The molecule has 26 heavy (non-hydrogen) atoms. The van der Waals surface area contributed by atoms with Crippen LogP contribution >= 0.6 is 0 Å². The number of hydrogen-bond donors (Lipinski definition) is 0. The van der Waals surface area contributed by atoms with Gasteiger partial charge in [-0.2, -0.15) is 10.1 Å². The van der Waals surface area contributed by atoms with E-state index in [0.717, 1.165) is 11.3 Å². The standard InChI is InChI=1S/C18H27N5O3/c1-10(2)22(11(3)4)17(25)14(7)26-16(24)8-15-12(5)21-18-19-9-20-23(18)13(15)6/h9-11,14H,8H2,1-7H3/t14-/m1/s1. The van der Waals surface area contributed by atoms with Gasteiger partial charge in [0, 0.05) is 29.0 Å². The maximum atomic E-state index is 12.6. The van der Waals surface area contributed by atoms with Crippen LogP contribution < -0.4 is 0 Å². The Balaban J connectivity index is 2.12. The maximum Gasteiger partial charge on any atom is 0.311 e. The SMILES string of the molecule is Cc1nc2ncnn2c(C)c1CC(=O)O[C@H](C)C(=O)N(C(C)C)C(C)C. The first kappa shape index (κ1) is 19.8. The molecule has 0 radical (unpaired) electrons. The molecule has 0 aliphatic rings. The van der Waals surface area contributed by atoms with Gasteiger partial charge >= 0.3 is 5.97 Å². The van der Waals surface area contributed by atoms with Crippen LogP contribution in [-0.4, -0.2) is 54.5 Å². The first-order chi connectivity index (χ1) is 12.1. The number of carbonyl (C=O) groups is 2. The van der Waals surface area contributed by atoms with Gasteiger partial charge in [-0.25, -0.2) is 9.50 Å². The van der Waals surface area contributed by atoms with E-state index in [4.69, 9.17) is 4.74 Å². The molecule has 0 aromatic carbocycles. The Morgan fingerprint density at radius 2 is 1.77 bits per heavy atom. The van der Waals surface area contributed by atoms with Crippen LogP contribution in [-0.2, 0) is 20.7 Å². The molecule has 2 rings (SSSR count). The van der Waals surface area contributed by atoms with Gasteiger partial charge in [0.1, 0.15) is 6.33 Å². The van der Waals surface area contributed by atoms with Crippen LogP contribution in [0, 0.1) is 13.8 Å². The highest BCUT2D eigenvalue weighted by molar-refractivity contribution is 5.84. The fraction of sp³-hybridized carbons (Fsp3) is 0.611. The van der Waals surface area contributed by atoms with E-state index >= 15 is 0 Å². The number of esters is 1. The molecule has 0 aliphatic carbocycles. The highest BCUT2D eigenvalue weighted by Gasteiger charge is 2.28. The van der Waals surface area contributed by atoms with Crippen molar-refractivity contribution < 1.29 is 14.3 Å². The highest BCUT2D eigenvalue weighted by atomic mass is 16.5. The van der Waals surface area contributed by atoms with Crippen molar-refractivity contribution in [1.29, 1.82) is 0 Å². The molecule has 2 heterocycles. The number of hydrogen-bond acceptors (Lipinski definition) is 6. The predicted molar refractivity (Wildman–Crippen MR) is 96.6 cm³/mol. The minimum absolute atomic E-state index is 0.0292. The molecule has 142 valence electrons. The lowest BCUT2D eigenvalue weighted by Gasteiger charge is -2.32. The van der Waals surface area contributed by atoms with Gasteiger partial charge in [0.15, 0.2) is 6.10 Å². The number of carbonyl (C=O) groups excluding carboxylic acids is 2. The van der Waals surface area contributed by atoms with E-state index in [2.05, 4.69) is 15.1 Å². The summed E-state index contributed by atoms with van der Waals surface area (Å²) in [4.78, 5) is 35.1. The minimum Gasteiger partial charge on any atom is -0.452 e. The number of aromatic nitrogens is 4. The second kappa shape index (κ2) is 7.80. The topological polar surface area (TPSA) is 89.7 Å². The molecule has 1 atom stereocenters. The summed E-state index contributed by atoms with van der Waals surface area (Å²) in [6.45, 7) is 13.0. The van der Waals surface area contributed by atoms with Gasteiger partial charge in [0.25, 0.3) is 11.7 Å². The van der Waals surface area contributed by atoms with Gasteiger partial charge in [0.2, 0.25) is 0 Å². The first-order valence-electron chi connectivity index (χ1n) is 8.81. The van der Waals surface area contributed by atoms with Crippen molar-refractivity contribution in [2.75, 3.05) is 0 Å². The Morgan fingerprint density at radius 1 is 1.15 bits per heavy atom. The van der Waals surface area contributed by atoms with Crippen LogP contribution in [0.3, 0.4) is 0 Å². The predicted octanol–water partition coefficient (Wildman–Crippen LogP) is 1.86. The van der Waals surface area contributed by atoms with Crippen molar-refractivity contribution in [3.05, 3.63) is 23.3 Å². The van der Waals surface area contributed by atoms with Crippen LogP contribution in [0.25, 0.3) is 5.78 Å².